The summed E-state index contributed by atoms with van der Waals surface area (Å²) < 4.78 is 7.83. The van der Waals surface area contributed by atoms with E-state index in [2.05, 4.69) is 43.1 Å². The lowest BCUT2D eigenvalue weighted by atomic mass is 9.87. The van der Waals surface area contributed by atoms with Crippen molar-refractivity contribution < 1.29 is 4.74 Å². The molecule has 7 heteroatoms. The van der Waals surface area contributed by atoms with Gasteiger partial charge < -0.3 is 9.30 Å². The van der Waals surface area contributed by atoms with E-state index in [1.165, 1.54) is 5.56 Å². The van der Waals surface area contributed by atoms with Crippen molar-refractivity contribution in [1.29, 1.82) is 0 Å². The molecule has 0 bridgehead atoms. The molecule has 0 saturated heterocycles. The molecule has 0 aliphatic carbocycles. The molecule has 0 atom stereocenters. The summed E-state index contributed by atoms with van der Waals surface area (Å²) in [6.45, 7) is 6.95. The Morgan fingerprint density at radius 2 is 1.71 bits per heavy atom. The molecule has 0 fully saturated rings. The fourth-order valence-electron chi connectivity index (χ4n) is 2.57. The van der Waals surface area contributed by atoms with Gasteiger partial charge in [0.05, 0.1) is 10.0 Å². The van der Waals surface area contributed by atoms with E-state index >= 15 is 0 Å². The maximum absolute atomic E-state index is 6.07. The first kappa shape index (κ1) is 21.0. The fourth-order valence-corrected chi connectivity index (χ4v) is 3.77. The van der Waals surface area contributed by atoms with Crippen LogP contribution in [0.4, 0.5) is 0 Å². The first-order valence-electron chi connectivity index (χ1n) is 8.92. The Bertz CT molecular complexity index is 949. The number of hydrogen-bond donors (Lipinski definition) is 0. The van der Waals surface area contributed by atoms with Crippen LogP contribution >= 0.6 is 35.0 Å². The van der Waals surface area contributed by atoms with Crippen LogP contribution in [0.2, 0.25) is 10.0 Å². The number of nitrogens with zero attached hydrogens (tertiary/aromatic N) is 3. The summed E-state index contributed by atoms with van der Waals surface area (Å²) in [4.78, 5) is 0. The highest BCUT2D eigenvalue weighted by Crippen LogP contribution is 2.27. The van der Waals surface area contributed by atoms with Gasteiger partial charge in [-0.2, -0.15) is 0 Å². The Hall–Kier alpha value is -1.69. The minimum Gasteiger partial charge on any atom is -0.486 e. The Balaban J connectivity index is 1.59. The van der Waals surface area contributed by atoms with Crippen LogP contribution in [0.1, 0.15) is 37.7 Å². The van der Waals surface area contributed by atoms with Crippen molar-refractivity contribution in [2.75, 3.05) is 0 Å². The van der Waals surface area contributed by atoms with Crippen LogP contribution in [-0.4, -0.2) is 14.8 Å². The molecule has 1 aromatic heterocycles. The topological polar surface area (TPSA) is 39.9 Å². The van der Waals surface area contributed by atoms with E-state index in [-0.39, 0.29) is 5.41 Å². The molecule has 0 aliphatic rings. The van der Waals surface area contributed by atoms with Crippen LogP contribution in [0.5, 0.6) is 5.75 Å². The molecule has 1 heterocycles. The highest BCUT2D eigenvalue weighted by atomic mass is 35.5. The van der Waals surface area contributed by atoms with Gasteiger partial charge in [0.2, 0.25) is 0 Å². The van der Waals surface area contributed by atoms with Crippen LogP contribution in [0, 0.1) is 0 Å². The summed E-state index contributed by atoms with van der Waals surface area (Å²) in [6.07, 6.45) is 0. The van der Waals surface area contributed by atoms with E-state index < -0.39 is 0 Å². The fraction of sp³-hybridized carbons (Fsp3) is 0.333. The van der Waals surface area contributed by atoms with Crippen LogP contribution in [0.25, 0.3) is 0 Å². The Morgan fingerprint density at radius 3 is 2.36 bits per heavy atom. The third-order valence-corrected chi connectivity index (χ3v) is 6.20. The maximum atomic E-state index is 6.07. The SMILES string of the molecule is Cn1c(COc2ccc(C(C)(C)C)cc2)nnc1SCc1ccc(Cl)c(Cl)c1. The number of aromatic nitrogens is 3. The first-order chi connectivity index (χ1) is 13.2. The van der Waals surface area contributed by atoms with Crippen LogP contribution in [0.3, 0.4) is 0 Å². The number of thioether (sulfide) groups is 1. The van der Waals surface area contributed by atoms with Gasteiger partial charge in [-0.15, -0.1) is 10.2 Å². The summed E-state index contributed by atoms with van der Waals surface area (Å²) in [7, 11) is 1.94. The summed E-state index contributed by atoms with van der Waals surface area (Å²) >= 11 is 13.6. The molecule has 148 valence electrons. The summed E-state index contributed by atoms with van der Waals surface area (Å²) in [5.74, 6) is 2.33. The number of halogens is 2. The lowest BCUT2D eigenvalue weighted by molar-refractivity contribution is 0.290. The molecule has 0 aliphatic heterocycles. The van der Waals surface area contributed by atoms with Gasteiger partial charge in [0.1, 0.15) is 12.4 Å². The average molecular weight is 436 g/mol. The lowest BCUT2D eigenvalue weighted by Gasteiger charge is -2.19. The van der Waals surface area contributed by atoms with E-state index in [0.717, 1.165) is 28.0 Å². The van der Waals surface area contributed by atoms with E-state index in [9.17, 15) is 0 Å². The standard InChI is InChI=1S/C21H23Cl2N3OS/c1-21(2,3)15-6-8-16(9-7-15)27-12-19-24-25-20(26(19)4)28-13-14-5-10-17(22)18(23)11-14/h5-11H,12-13H2,1-4H3. The molecule has 4 nitrogen and oxygen atoms in total. The van der Waals surface area contributed by atoms with Gasteiger partial charge in [-0.1, -0.05) is 73.9 Å². The van der Waals surface area contributed by atoms with E-state index in [1.54, 1.807) is 17.8 Å². The van der Waals surface area contributed by atoms with Crippen molar-refractivity contribution >= 4 is 35.0 Å². The first-order valence-corrected chi connectivity index (χ1v) is 10.7. The summed E-state index contributed by atoms with van der Waals surface area (Å²) in [5, 5.41) is 10.5. The smallest absolute Gasteiger partial charge is 0.191 e. The molecule has 0 spiro atoms. The maximum Gasteiger partial charge on any atom is 0.191 e. The molecule has 28 heavy (non-hydrogen) atoms. The largest absolute Gasteiger partial charge is 0.486 e. The lowest BCUT2D eigenvalue weighted by Crippen LogP contribution is -2.10. The Labute approximate surface area is 180 Å². The molecule has 0 radical (unpaired) electrons. The third-order valence-electron chi connectivity index (χ3n) is 4.37. The molecular weight excluding hydrogens is 413 g/mol. The minimum atomic E-state index is 0.128. The number of benzene rings is 2. The van der Waals surface area contributed by atoms with Crippen molar-refractivity contribution in [3.63, 3.8) is 0 Å². The van der Waals surface area contributed by atoms with E-state index in [0.29, 0.717) is 16.7 Å². The van der Waals surface area contributed by atoms with E-state index in [1.807, 2.05) is 35.9 Å². The number of ether oxygens (including phenoxy) is 1. The second-order valence-corrected chi connectivity index (χ2v) is 9.31. The third kappa shape index (κ3) is 5.22. The molecule has 2 aromatic carbocycles. The Morgan fingerprint density at radius 1 is 1.00 bits per heavy atom. The van der Waals surface area contributed by atoms with Crippen molar-refractivity contribution in [3.05, 3.63) is 69.5 Å². The summed E-state index contributed by atoms with van der Waals surface area (Å²) in [5.41, 5.74) is 2.49. The predicted octanol–water partition coefficient (Wildman–Crippen LogP) is 6.29. The van der Waals surface area contributed by atoms with Crippen molar-refractivity contribution in [1.82, 2.24) is 14.8 Å². The van der Waals surface area contributed by atoms with Gasteiger partial charge in [0.25, 0.3) is 0 Å². The molecule has 0 saturated carbocycles. The molecule has 0 N–H and O–H groups in total. The zero-order valence-corrected chi connectivity index (χ0v) is 18.7. The molecule has 3 aromatic rings. The van der Waals surface area contributed by atoms with Crippen molar-refractivity contribution in [2.45, 2.75) is 43.7 Å². The monoisotopic (exact) mass is 435 g/mol. The normalized spacial score (nSPS) is 11.6. The second-order valence-electron chi connectivity index (χ2n) is 7.56. The number of hydrogen-bond acceptors (Lipinski definition) is 4. The van der Waals surface area contributed by atoms with Gasteiger partial charge in [-0.3, -0.25) is 0 Å². The highest BCUT2D eigenvalue weighted by Gasteiger charge is 2.14. The second kappa shape index (κ2) is 8.76. The van der Waals surface area contributed by atoms with Gasteiger partial charge in [0, 0.05) is 12.8 Å². The van der Waals surface area contributed by atoms with Crippen LogP contribution < -0.4 is 4.74 Å². The van der Waals surface area contributed by atoms with E-state index in [4.69, 9.17) is 27.9 Å². The summed E-state index contributed by atoms with van der Waals surface area (Å²) in [6, 6.07) is 13.8. The van der Waals surface area contributed by atoms with Gasteiger partial charge in [-0.25, -0.2) is 0 Å². The molecule has 0 unspecified atom stereocenters. The van der Waals surface area contributed by atoms with Crippen LogP contribution in [0.15, 0.2) is 47.6 Å². The van der Waals surface area contributed by atoms with Crippen molar-refractivity contribution in [2.24, 2.45) is 7.05 Å². The van der Waals surface area contributed by atoms with Crippen molar-refractivity contribution in [3.8, 4) is 5.75 Å². The van der Waals surface area contributed by atoms with Gasteiger partial charge in [-0.05, 0) is 40.8 Å². The van der Waals surface area contributed by atoms with Crippen LogP contribution in [-0.2, 0) is 24.8 Å². The highest BCUT2D eigenvalue weighted by molar-refractivity contribution is 7.98. The Kier molecular flexibility index (Phi) is 6.58. The molecule has 0 amide bonds. The minimum absolute atomic E-state index is 0.128. The predicted molar refractivity (Wildman–Crippen MR) is 117 cm³/mol. The zero-order chi connectivity index (χ0) is 20.3. The zero-order valence-electron chi connectivity index (χ0n) is 16.4. The molecular formula is C21H23Cl2N3OS. The molecule has 3 rings (SSSR count). The van der Waals surface area contributed by atoms with Gasteiger partial charge in [0.15, 0.2) is 11.0 Å². The van der Waals surface area contributed by atoms with Gasteiger partial charge >= 0.3 is 0 Å². The quantitative estimate of drug-likeness (QED) is 0.426. The average Bonchev–Trinajstić information content (AvgIpc) is 3.00. The number of rotatable bonds is 6.